The van der Waals surface area contributed by atoms with E-state index >= 15 is 0 Å². The predicted molar refractivity (Wildman–Crippen MR) is 105 cm³/mol. The molecule has 2 aromatic rings. The van der Waals surface area contributed by atoms with Crippen LogP contribution in [-0.4, -0.2) is 44.6 Å². The maximum absolute atomic E-state index is 13.0. The molecule has 0 aliphatic heterocycles. The normalized spacial score (nSPS) is 11.6. The first-order chi connectivity index (χ1) is 14.2. The van der Waals surface area contributed by atoms with Crippen molar-refractivity contribution >= 4 is 18.0 Å². The Kier molecular flexibility index (Phi) is 7.46. The topological polar surface area (TPSA) is 59.1 Å². The number of methoxy groups -OCH3 is 1. The van der Waals surface area contributed by atoms with Crippen LogP contribution in [0.3, 0.4) is 0 Å². The molecule has 0 N–H and O–H groups in total. The molecule has 0 bridgehead atoms. The number of allylic oxidation sites excluding steroid dienone is 1. The molecular formula is C21H21F3N2O4. The lowest BCUT2D eigenvalue weighted by Crippen LogP contribution is -2.32. The Morgan fingerprint density at radius 1 is 1.00 bits per heavy atom. The number of rotatable bonds is 8. The molecule has 0 radical (unpaired) electrons. The molecule has 2 amide bonds. The van der Waals surface area contributed by atoms with Crippen molar-refractivity contribution in [3.8, 4) is 11.5 Å². The van der Waals surface area contributed by atoms with Gasteiger partial charge in [0.25, 0.3) is 5.91 Å². The Bertz CT molecular complexity index is 892. The molecule has 0 aliphatic carbocycles. The second-order valence-electron chi connectivity index (χ2n) is 6.37. The van der Waals surface area contributed by atoms with E-state index in [9.17, 15) is 22.8 Å². The molecule has 0 unspecified atom stereocenters. The highest BCUT2D eigenvalue weighted by molar-refractivity contribution is 6.12. The molecule has 0 spiro atoms. The van der Waals surface area contributed by atoms with Gasteiger partial charge in [0.2, 0.25) is 6.41 Å². The van der Waals surface area contributed by atoms with Crippen molar-refractivity contribution in [2.75, 3.05) is 26.1 Å². The van der Waals surface area contributed by atoms with Gasteiger partial charge in [-0.25, -0.2) is 4.90 Å². The van der Waals surface area contributed by atoms with Crippen molar-refractivity contribution in [1.29, 1.82) is 0 Å². The number of benzene rings is 2. The molecule has 0 heterocycles. The number of carbonyl (C=O) groups excluding carboxylic acids is 2. The van der Waals surface area contributed by atoms with Crippen molar-refractivity contribution in [2.24, 2.45) is 0 Å². The van der Waals surface area contributed by atoms with E-state index in [4.69, 9.17) is 9.47 Å². The lowest BCUT2D eigenvalue weighted by molar-refractivity contribution is -0.121. The Hall–Kier alpha value is -3.49. The fourth-order valence-corrected chi connectivity index (χ4v) is 2.48. The molecule has 30 heavy (non-hydrogen) atoms. The molecule has 0 atom stereocenters. The van der Waals surface area contributed by atoms with Crippen LogP contribution in [-0.2, 0) is 16.2 Å². The zero-order valence-electron chi connectivity index (χ0n) is 16.6. The summed E-state index contributed by atoms with van der Waals surface area (Å²) in [5.74, 6) is 0.0735. The number of imide groups is 1. The summed E-state index contributed by atoms with van der Waals surface area (Å²) in [7, 11) is 3.89. The third kappa shape index (κ3) is 6.00. The molecule has 0 fully saturated rings. The molecule has 6 nitrogen and oxygen atoms in total. The minimum absolute atomic E-state index is 0.114. The summed E-state index contributed by atoms with van der Waals surface area (Å²) < 4.78 is 49.8. The largest absolute Gasteiger partial charge is 0.497 e. The van der Waals surface area contributed by atoms with E-state index in [-0.39, 0.29) is 18.7 Å². The number of carbonyl (C=O) groups is 2. The van der Waals surface area contributed by atoms with Crippen LogP contribution >= 0.6 is 0 Å². The van der Waals surface area contributed by atoms with Gasteiger partial charge in [-0.1, -0.05) is 12.1 Å². The van der Waals surface area contributed by atoms with E-state index in [1.165, 1.54) is 24.3 Å². The second kappa shape index (κ2) is 9.82. The van der Waals surface area contributed by atoms with E-state index in [1.54, 1.807) is 19.2 Å². The van der Waals surface area contributed by atoms with Crippen molar-refractivity contribution < 1.29 is 32.2 Å². The molecule has 0 saturated carbocycles. The first kappa shape index (κ1) is 22.8. The lowest BCUT2D eigenvalue weighted by Gasteiger charge is -2.21. The Labute approximate surface area is 172 Å². The highest BCUT2D eigenvalue weighted by atomic mass is 19.4. The zero-order chi connectivity index (χ0) is 22.3. The maximum Gasteiger partial charge on any atom is 0.431 e. The lowest BCUT2D eigenvalue weighted by atomic mass is 10.2. The van der Waals surface area contributed by atoms with Gasteiger partial charge in [0.1, 0.15) is 23.8 Å². The van der Waals surface area contributed by atoms with Gasteiger partial charge in [-0.2, -0.15) is 13.2 Å². The summed E-state index contributed by atoms with van der Waals surface area (Å²) in [6, 6.07) is 13.1. The van der Waals surface area contributed by atoms with Gasteiger partial charge in [-0.15, -0.1) is 0 Å². The zero-order valence-corrected chi connectivity index (χ0v) is 16.6. The van der Waals surface area contributed by atoms with Crippen LogP contribution in [0.5, 0.6) is 11.5 Å². The highest BCUT2D eigenvalue weighted by Gasteiger charge is 2.36. The number of amides is 2. The average Bonchev–Trinajstić information content (AvgIpc) is 2.71. The van der Waals surface area contributed by atoms with Crippen LogP contribution in [0, 0.1) is 0 Å². The fourth-order valence-electron chi connectivity index (χ4n) is 2.48. The summed E-state index contributed by atoms with van der Waals surface area (Å²) >= 11 is 0. The molecule has 0 aromatic heterocycles. The van der Waals surface area contributed by atoms with E-state index in [2.05, 4.69) is 0 Å². The van der Waals surface area contributed by atoms with Gasteiger partial charge in [-0.05, 0) is 42.0 Å². The van der Waals surface area contributed by atoms with Gasteiger partial charge in [0, 0.05) is 20.2 Å². The molecule has 160 valence electrons. The summed E-state index contributed by atoms with van der Waals surface area (Å²) in [5, 5.41) is 0. The Morgan fingerprint density at radius 2 is 1.57 bits per heavy atom. The summed E-state index contributed by atoms with van der Waals surface area (Å²) in [6.07, 6.45) is -4.19. The first-order valence-corrected chi connectivity index (χ1v) is 8.76. The number of alkyl halides is 3. The van der Waals surface area contributed by atoms with Gasteiger partial charge in [-0.3, -0.25) is 9.59 Å². The van der Waals surface area contributed by atoms with Crippen molar-refractivity contribution in [3.05, 3.63) is 65.9 Å². The minimum atomic E-state index is -4.73. The monoisotopic (exact) mass is 422 g/mol. The third-order valence-electron chi connectivity index (χ3n) is 4.05. The van der Waals surface area contributed by atoms with E-state index < -0.39 is 17.8 Å². The Balaban J connectivity index is 2.10. The van der Waals surface area contributed by atoms with E-state index in [1.807, 2.05) is 12.1 Å². The van der Waals surface area contributed by atoms with Crippen LogP contribution in [0.15, 0.2) is 60.3 Å². The number of hydrogen-bond acceptors (Lipinski definition) is 5. The van der Waals surface area contributed by atoms with Crippen LogP contribution in [0.2, 0.25) is 0 Å². The molecule has 2 rings (SSSR count). The van der Waals surface area contributed by atoms with Crippen LogP contribution in [0.25, 0.3) is 0 Å². The number of nitrogens with zero attached hydrogens (tertiary/aromatic N) is 2. The fraction of sp³-hybridized carbons (Fsp3) is 0.238. The minimum Gasteiger partial charge on any atom is -0.497 e. The molecule has 0 saturated heterocycles. The van der Waals surface area contributed by atoms with Crippen molar-refractivity contribution in [1.82, 2.24) is 4.90 Å². The van der Waals surface area contributed by atoms with Crippen LogP contribution in [0.4, 0.5) is 18.9 Å². The molecule has 9 heteroatoms. The first-order valence-electron chi connectivity index (χ1n) is 8.76. The van der Waals surface area contributed by atoms with Crippen molar-refractivity contribution in [3.63, 3.8) is 0 Å². The smallest absolute Gasteiger partial charge is 0.431 e. The van der Waals surface area contributed by atoms with Gasteiger partial charge >= 0.3 is 6.18 Å². The average molecular weight is 422 g/mol. The number of hydrogen-bond donors (Lipinski definition) is 0. The van der Waals surface area contributed by atoms with Gasteiger partial charge in [0.15, 0.2) is 0 Å². The highest BCUT2D eigenvalue weighted by Crippen LogP contribution is 2.27. The van der Waals surface area contributed by atoms with Gasteiger partial charge in [0.05, 0.1) is 12.8 Å². The summed E-state index contributed by atoms with van der Waals surface area (Å²) in [5.41, 5.74) is -0.153. The van der Waals surface area contributed by atoms with Gasteiger partial charge < -0.3 is 14.4 Å². The van der Waals surface area contributed by atoms with Crippen molar-refractivity contribution in [2.45, 2.75) is 12.8 Å². The number of ether oxygens (including phenoxy) is 2. The molecule has 2 aromatic carbocycles. The quantitative estimate of drug-likeness (QED) is 0.479. The summed E-state index contributed by atoms with van der Waals surface area (Å²) in [6.45, 7) is 0.278. The third-order valence-corrected chi connectivity index (χ3v) is 4.05. The number of halogens is 3. The predicted octanol–water partition coefficient (Wildman–Crippen LogP) is 3.77. The molecule has 0 aliphatic rings. The Morgan fingerprint density at radius 3 is 2.03 bits per heavy atom. The number of anilines is 1. The van der Waals surface area contributed by atoms with E-state index in [0.29, 0.717) is 16.7 Å². The molecular weight excluding hydrogens is 401 g/mol. The standard InChI is InChI=1S/C21H21F3N2O4/c1-25(2)19(21(22,23)24)12-20(28)26(14-27)16-6-10-18(11-7-16)30-13-15-4-8-17(29-3)9-5-15/h4-12,14H,13H2,1-3H3/b19-12-. The SMILES string of the molecule is COc1ccc(COc2ccc(N(C=O)C(=O)/C=C(\N(C)C)C(F)(F)F)cc2)cc1. The van der Waals surface area contributed by atoms with Crippen LogP contribution in [0.1, 0.15) is 5.56 Å². The summed E-state index contributed by atoms with van der Waals surface area (Å²) in [4.78, 5) is 24.9. The van der Waals surface area contributed by atoms with E-state index in [0.717, 1.165) is 30.3 Å². The maximum atomic E-state index is 13.0. The van der Waals surface area contributed by atoms with Crippen LogP contribution < -0.4 is 14.4 Å². The second-order valence-corrected chi connectivity index (χ2v) is 6.37.